The van der Waals surface area contributed by atoms with Crippen molar-refractivity contribution < 1.29 is 4.79 Å². The van der Waals surface area contributed by atoms with E-state index in [9.17, 15) is 9.59 Å². The quantitative estimate of drug-likeness (QED) is 0.290. The first-order chi connectivity index (χ1) is 16.6. The zero-order valence-corrected chi connectivity index (χ0v) is 19.6. The summed E-state index contributed by atoms with van der Waals surface area (Å²) in [7, 11) is 0. The van der Waals surface area contributed by atoms with Crippen molar-refractivity contribution in [1.29, 1.82) is 5.26 Å². The maximum absolute atomic E-state index is 13.3. The lowest BCUT2D eigenvalue weighted by Gasteiger charge is -2.19. The first-order valence-electron chi connectivity index (χ1n) is 11.1. The summed E-state index contributed by atoms with van der Waals surface area (Å²) in [4.78, 5) is 30.9. The Morgan fingerprint density at radius 2 is 1.76 bits per heavy atom. The number of hydrogen-bond acceptors (Lipinski definition) is 5. The number of nitrogens with one attached hydrogen (secondary N) is 1. The molecule has 6 nitrogen and oxygen atoms in total. The Morgan fingerprint density at radius 3 is 2.47 bits per heavy atom. The number of hydrogen-bond donors (Lipinski definition) is 1. The van der Waals surface area contributed by atoms with Crippen LogP contribution >= 0.6 is 11.8 Å². The molecule has 0 spiro atoms. The van der Waals surface area contributed by atoms with Gasteiger partial charge in [0.25, 0.3) is 5.56 Å². The van der Waals surface area contributed by atoms with Gasteiger partial charge in [-0.15, -0.1) is 0 Å². The van der Waals surface area contributed by atoms with Gasteiger partial charge in [0.05, 0.1) is 40.0 Å². The molecule has 1 atom stereocenters. The fourth-order valence-corrected chi connectivity index (χ4v) is 4.61. The lowest BCUT2D eigenvalue weighted by molar-refractivity contribution is -0.119. The van der Waals surface area contributed by atoms with Crippen molar-refractivity contribution in [2.24, 2.45) is 0 Å². The van der Waals surface area contributed by atoms with Crippen LogP contribution in [0.2, 0.25) is 0 Å². The molecule has 0 aliphatic carbocycles. The Morgan fingerprint density at radius 1 is 1.06 bits per heavy atom. The average molecular weight is 469 g/mol. The molecule has 0 fully saturated rings. The molecule has 3 aromatic carbocycles. The summed E-state index contributed by atoms with van der Waals surface area (Å²) in [5.74, 6) is -0.00484. The molecule has 1 amide bonds. The molecule has 1 unspecified atom stereocenters. The van der Waals surface area contributed by atoms with E-state index < -0.39 is 0 Å². The molecule has 0 radical (unpaired) electrons. The van der Waals surface area contributed by atoms with Gasteiger partial charge in [-0.25, -0.2) is 4.98 Å². The lowest BCUT2D eigenvalue weighted by Crippen LogP contribution is -2.30. The normalized spacial score (nSPS) is 11.6. The van der Waals surface area contributed by atoms with Gasteiger partial charge in [0.1, 0.15) is 0 Å². The summed E-state index contributed by atoms with van der Waals surface area (Å²) >= 11 is 1.22. The Bertz CT molecular complexity index is 1390. The molecule has 0 saturated heterocycles. The second-order valence-corrected chi connectivity index (χ2v) is 8.76. The van der Waals surface area contributed by atoms with E-state index in [1.54, 1.807) is 42.5 Å². The standard InChI is InChI=1S/C27H24N4O2S/c1-2-8-23(20-9-4-3-5-10-20)29-25(32)18-34-27-30-24-12-7-6-11-22(24)26(33)31(27)21-15-13-19(17-28)14-16-21/h3-7,9-16,23H,2,8,18H2,1H3,(H,29,32). The molecular formula is C27H24N4O2S. The number of para-hydroxylation sites is 1. The summed E-state index contributed by atoms with van der Waals surface area (Å²) in [6.45, 7) is 2.09. The average Bonchev–Trinajstić information content (AvgIpc) is 2.88. The van der Waals surface area contributed by atoms with Crippen molar-refractivity contribution in [2.45, 2.75) is 31.0 Å². The second-order valence-electron chi connectivity index (χ2n) is 7.82. The Labute approximate surface area is 202 Å². The smallest absolute Gasteiger partial charge is 0.266 e. The van der Waals surface area contributed by atoms with Crippen molar-refractivity contribution in [3.8, 4) is 11.8 Å². The van der Waals surface area contributed by atoms with Crippen LogP contribution in [0.5, 0.6) is 0 Å². The third-order valence-electron chi connectivity index (χ3n) is 5.45. The van der Waals surface area contributed by atoms with Crippen LogP contribution in [0.15, 0.2) is 88.8 Å². The van der Waals surface area contributed by atoms with Gasteiger partial charge in [-0.1, -0.05) is 67.6 Å². The lowest BCUT2D eigenvalue weighted by atomic mass is 10.0. The van der Waals surface area contributed by atoms with Crippen molar-refractivity contribution in [2.75, 3.05) is 5.75 Å². The van der Waals surface area contributed by atoms with Gasteiger partial charge in [-0.3, -0.25) is 14.2 Å². The number of carbonyl (C=O) groups excluding carboxylic acids is 1. The molecule has 1 N–H and O–H groups in total. The highest BCUT2D eigenvalue weighted by Gasteiger charge is 2.17. The fraction of sp³-hybridized carbons (Fsp3) is 0.185. The predicted octanol–water partition coefficient (Wildman–Crippen LogP) is 5.01. The van der Waals surface area contributed by atoms with Crippen molar-refractivity contribution >= 4 is 28.6 Å². The van der Waals surface area contributed by atoms with Crippen molar-refractivity contribution in [3.05, 3.63) is 100 Å². The van der Waals surface area contributed by atoms with Crippen LogP contribution < -0.4 is 10.9 Å². The van der Waals surface area contributed by atoms with Crippen LogP contribution in [0.3, 0.4) is 0 Å². The summed E-state index contributed by atoms with van der Waals surface area (Å²) in [6.07, 6.45) is 1.78. The maximum atomic E-state index is 13.3. The predicted molar refractivity (Wildman–Crippen MR) is 135 cm³/mol. The largest absolute Gasteiger partial charge is 0.349 e. The number of amides is 1. The van der Waals surface area contributed by atoms with Crippen LogP contribution in [0, 0.1) is 11.3 Å². The first-order valence-corrected chi connectivity index (χ1v) is 12.1. The van der Waals surface area contributed by atoms with Gasteiger partial charge in [0, 0.05) is 0 Å². The Balaban J connectivity index is 1.62. The SMILES string of the molecule is CCCC(NC(=O)CSc1nc2ccccc2c(=O)n1-c1ccc(C#N)cc1)c1ccccc1. The molecule has 0 saturated carbocycles. The molecule has 4 rings (SSSR count). The summed E-state index contributed by atoms with van der Waals surface area (Å²) in [5, 5.41) is 13.1. The topological polar surface area (TPSA) is 87.8 Å². The van der Waals surface area contributed by atoms with E-state index in [1.165, 1.54) is 16.3 Å². The van der Waals surface area contributed by atoms with E-state index in [0.29, 0.717) is 27.3 Å². The molecule has 0 aliphatic heterocycles. The van der Waals surface area contributed by atoms with E-state index in [-0.39, 0.29) is 23.3 Å². The van der Waals surface area contributed by atoms with E-state index in [2.05, 4.69) is 23.3 Å². The Hall–Kier alpha value is -3.89. The van der Waals surface area contributed by atoms with Crippen LogP contribution in [-0.4, -0.2) is 21.2 Å². The summed E-state index contributed by atoms with van der Waals surface area (Å²) in [5.41, 5.74) is 2.53. The highest BCUT2D eigenvalue weighted by molar-refractivity contribution is 7.99. The minimum atomic E-state index is -0.216. The van der Waals surface area contributed by atoms with Crippen LogP contribution in [0.1, 0.15) is 36.9 Å². The number of thioether (sulfide) groups is 1. The molecule has 1 aromatic heterocycles. The molecule has 4 aromatic rings. The number of rotatable bonds is 8. The first kappa shape index (κ1) is 23.3. The van der Waals surface area contributed by atoms with Gasteiger partial charge < -0.3 is 5.32 Å². The molecule has 7 heteroatoms. The Kier molecular flexibility index (Phi) is 7.41. The number of nitriles is 1. The molecule has 1 heterocycles. The van der Waals surface area contributed by atoms with Crippen LogP contribution in [0.25, 0.3) is 16.6 Å². The highest BCUT2D eigenvalue weighted by Crippen LogP contribution is 2.23. The van der Waals surface area contributed by atoms with Gasteiger partial charge in [0.2, 0.25) is 5.91 Å². The number of aromatic nitrogens is 2. The van der Waals surface area contributed by atoms with Gasteiger partial charge >= 0.3 is 0 Å². The third-order valence-corrected chi connectivity index (χ3v) is 6.38. The monoisotopic (exact) mass is 468 g/mol. The number of carbonyl (C=O) groups is 1. The molecule has 0 aliphatic rings. The maximum Gasteiger partial charge on any atom is 0.266 e. The molecule has 34 heavy (non-hydrogen) atoms. The van der Waals surface area contributed by atoms with Gasteiger partial charge in [-0.05, 0) is 48.4 Å². The molecule has 0 bridgehead atoms. The van der Waals surface area contributed by atoms with E-state index in [1.807, 2.05) is 36.4 Å². The fourth-order valence-electron chi connectivity index (χ4n) is 3.78. The number of nitrogens with zero attached hydrogens (tertiary/aromatic N) is 3. The minimum Gasteiger partial charge on any atom is -0.349 e. The number of benzene rings is 3. The third kappa shape index (κ3) is 5.19. The van der Waals surface area contributed by atoms with Crippen LogP contribution in [0.4, 0.5) is 0 Å². The second kappa shape index (κ2) is 10.8. The summed E-state index contributed by atoms with van der Waals surface area (Å²) < 4.78 is 1.50. The van der Waals surface area contributed by atoms with E-state index in [0.717, 1.165) is 18.4 Å². The summed E-state index contributed by atoms with van der Waals surface area (Å²) in [6, 6.07) is 25.8. The van der Waals surface area contributed by atoms with Gasteiger partial charge in [0.15, 0.2) is 5.16 Å². The minimum absolute atomic E-state index is 0.0652. The van der Waals surface area contributed by atoms with Crippen molar-refractivity contribution in [1.82, 2.24) is 14.9 Å². The van der Waals surface area contributed by atoms with E-state index in [4.69, 9.17) is 5.26 Å². The molecular weight excluding hydrogens is 444 g/mol. The van der Waals surface area contributed by atoms with E-state index >= 15 is 0 Å². The zero-order chi connectivity index (χ0) is 23.9. The van der Waals surface area contributed by atoms with Gasteiger partial charge in [-0.2, -0.15) is 5.26 Å². The molecule has 170 valence electrons. The van der Waals surface area contributed by atoms with Crippen LogP contribution in [-0.2, 0) is 4.79 Å². The number of fused-ring (bicyclic) bond motifs is 1. The zero-order valence-electron chi connectivity index (χ0n) is 18.8. The van der Waals surface area contributed by atoms with Crippen molar-refractivity contribution in [3.63, 3.8) is 0 Å². The highest BCUT2D eigenvalue weighted by atomic mass is 32.2.